The van der Waals surface area contributed by atoms with E-state index in [1.807, 2.05) is 146 Å². The van der Waals surface area contributed by atoms with Crippen molar-refractivity contribution in [2.45, 2.75) is 49.9 Å². The topological polar surface area (TPSA) is 213 Å². The van der Waals surface area contributed by atoms with Crippen molar-refractivity contribution in [2.24, 2.45) is 0 Å². The maximum absolute atomic E-state index is 13.2. The molecule has 3 aliphatic rings. The molecule has 0 bridgehead atoms. The molecule has 16 nitrogen and oxygen atoms in total. The van der Waals surface area contributed by atoms with Gasteiger partial charge in [0.2, 0.25) is 0 Å². The summed E-state index contributed by atoms with van der Waals surface area (Å²) >= 11 is 0. The third-order valence-corrected chi connectivity index (χ3v) is 13.5. The molecule has 3 aliphatic carbocycles. The van der Waals surface area contributed by atoms with Crippen molar-refractivity contribution in [1.29, 1.82) is 0 Å². The number of fused-ring (bicyclic) bond motifs is 14. The first-order valence-corrected chi connectivity index (χ1v) is 23.0. The number of hydrogen-bond acceptors (Lipinski definition) is 10. The second-order valence-corrected chi connectivity index (χ2v) is 17.4. The van der Waals surface area contributed by atoms with Gasteiger partial charge < -0.3 is 30.3 Å². The Balaban J connectivity index is 0.798. The Morgan fingerprint density at radius 2 is 0.757 bits per heavy atom. The Morgan fingerprint density at radius 1 is 0.457 bits per heavy atom. The zero-order valence-corrected chi connectivity index (χ0v) is 37.4. The van der Waals surface area contributed by atoms with Gasteiger partial charge >= 0.3 is 24.1 Å². The molecule has 0 aliphatic heterocycles. The maximum Gasteiger partial charge on any atom is 0.407 e. The highest BCUT2D eigenvalue weighted by Crippen LogP contribution is 2.48. The Hall–Kier alpha value is -8.92. The van der Waals surface area contributed by atoms with Crippen LogP contribution in [0.1, 0.15) is 46.9 Å². The summed E-state index contributed by atoms with van der Waals surface area (Å²) in [4.78, 5) is 51.7. The quantitative estimate of drug-likeness (QED) is 0.0807. The van der Waals surface area contributed by atoms with Gasteiger partial charge in [-0.05, 0) is 57.3 Å². The molecule has 11 rings (SSSR count). The maximum atomic E-state index is 13.2. The van der Waals surface area contributed by atoms with E-state index in [1.54, 1.807) is 9.36 Å². The number of hydrogen-bond donors (Lipinski definition) is 4. The van der Waals surface area contributed by atoms with Gasteiger partial charge in [-0.15, -0.1) is 10.2 Å². The van der Waals surface area contributed by atoms with Crippen LogP contribution in [0.15, 0.2) is 146 Å². The number of nitrogens with one attached hydrogen (secondary N) is 2. The lowest BCUT2D eigenvalue weighted by molar-refractivity contribution is -0.140. The number of nitrogens with zero attached hydrogens (tertiary/aromatic N) is 6. The molecule has 0 spiro atoms. The summed E-state index contributed by atoms with van der Waals surface area (Å²) in [5.41, 5.74) is 13.5. The van der Waals surface area contributed by atoms with Crippen LogP contribution in [0.3, 0.4) is 0 Å². The van der Waals surface area contributed by atoms with Gasteiger partial charge in [0.25, 0.3) is 0 Å². The molecule has 2 aromatic heterocycles. The van der Waals surface area contributed by atoms with Gasteiger partial charge in [-0.3, -0.25) is 0 Å². The number of carbonyl (C=O) groups excluding carboxylic acids is 2. The molecule has 2 heterocycles. The summed E-state index contributed by atoms with van der Waals surface area (Å²) in [6.07, 6.45) is -1.79. The lowest BCUT2D eigenvalue weighted by atomic mass is 9.89. The van der Waals surface area contributed by atoms with Gasteiger partial charge in [0.15, 0.2) is 0 Å². The van der Waals surface area contributed by atoms with E-state index in [0.29, 0.717) is 45.0 Å². The van der Waals surface area contributed by atoms with Crippen molar-refractivity contribution in [3.8, 4) is 67.3 Å². The molecule has 0 fully saturated rings. The van der Waals surface area contributed by atoms with Gasteiger partial charge in [0.1, 0.15) is 36.7 Å². The zero-order chi connectivity index (χ0) is 47.9. The first kappa shape index (κ1) is 43.6. The Kier molecular flexibility index (Phi) is 11.4. The molecular weight excluding hydrogens is 889 g/mol. The highest BCUT2D eigenvalue weighted by atomic mass is 16.6. The van der Waals surface area contributed by atoms with E-state index in [0.717, 1.165) is 44.5 Å². The van der Waals surface area contributed by atoms with Crippen molar-refractivity contribution in [2.75, 3.05) is 13.2 Å². The van der Waals surface area contributed by atoms with Crippen molar-refractivity contribution < 1.29 is 38.9 Å². The summed E-state index contributed by atoms with van der Waals surface area (Å²) in [5, 5.41) is 44.0. The minimum atomic E-state index is -1.31. The molecule has 0 radical (unpaired) electrons. The molecule has 0 unspecified atom stereocenters. The van der Waals surface area contributed by atoms with Crippen LogP contribution >= 0.6 is 0 Å². The second-order valence-electron chi connectivity index (χ2n) is 17.4. The van der Waals surface area contributed by atoms with E-state index >= 15 is 0 Å². The summed E-state index contributed by atoms with van der Waals surface area (Å²) in [5.74, 6) is -2.85. The number of amides is 2. The predicted octanol–water partition coefficient (Wildman–Crippen LogP) is 8.62. The molecule has 348 valence electrons. The Bertz CT molecular complexity index is 3050. The fraction of sp³-hybridized carbons (Fsp3) is 0.185. The first-order valence-electron chi connectivity index (χ1n) is 23.0. The van der Waals surface area contributed by atoms with Crippen LogP contribution in [0.2, 0.25) is 0 Å². The second kappa shape index (κ2) is 18.3. The zero-order valence-electron chi connectivity index (χ0n) is 37.4. The van der Waals surface area contributed by atoms with Gasteiger partial charge in [0, 0.05) is 47.2 Å². The molecular formula is C54H44N8O8. The monoisotopic (exact) mass is 932 g/mol. The van der Waals surface area contributed by atoms with Gasteiger partial charge in [-0.2, -0.15) is 0 Å². The van der Waals surface area contributed by atoms with E-state index in [4.69, 9.17) is 9.47 Å². The highest BCUT2D eigenvalue weighted by molar-refractivity contribution is 5.99. The Morgan fingerprint density at radius 3 is 1.09 bits per heavy atom. The lowest BCUT2D eigenvalue weighted by Gasteiger charge is -2.20. The van der Waals surface area contributed by atoms with Crippen LogP contribution in [0.4, 0.5) is 9.59 Å². The standard InChI is InChI=1S/C54H44N8O8/c63-51(64)45(55-53(67)69-29-43-35-17-5-1-13-31(35)32-14-2-6-18-36(32)43)25-27-61-49-41-23-11-9-21-39(41)48-50(42-24-12-10-22-40(42)47(49)57-59-61)62(60-58-48)28-26-46(52(65)66)56-54(68)70-30-44-37-19-7-3-15-33(37)34-16-4-8-20-38(34)44/h1-24,43-46H,25-30H2,(H,55,67)(H,56,68)(H,63,64)(H,65,66)/t45-,46-/m0/s1. The molecule has 0 saturated heterocycles. The number of carboxylic acids is 2. The Labute approximate surface area is 400 Å². The number of carbonyl (C=O) groups is 4. The molecule has 16 heteroatoms. The molecule has 6 aromatic carbocycles. The predicted molar refractivity (Wildman–Crippen MR) is 257 cm³/mol. The van der Waals surface area contributed by atoms with Crippen LogP contribution in [0, 0.1) is 0 Å². The van der Waals surface area contributed by atoms with Crippen molar-refractivity contribution in [1.82, 2.24) is 40.6 Å². The third kappa shape index (κ3) is 7.88. The fourth-order valence-corrected chi connectivity index (χ4v) is 10.2. The van der Waals surface area contributed by atoms with Crippen LogP contribution < -0.4 is 10.6 Å². The van der Waals surface area contributed by atoms with Crippen LogP contribution in [-0.4, -0.2) is 89.6 Å². The third-order valence-electron chi connectivity index (χ3n) is 13.5. The van der Waals surface area contributed by atoms with Gasteiger partial charge in [-0.25, -0.2) is 28.5 Å². The van der Waals surface area contributed by atoms with Gasteiger partial charge in [-0.1, -0.05) is 156 Å². The number of carboxylic acid groups (broad SMARTS) is 2. The van der Waals surface area contributed by atoms with E-state index < -0.39 is 36.2 Å². The normalized spacial score (nSPS) is 13.6. The summed E-state index contributed by atoms with van der Waals surface area (Å²) in [6, 6.07) is 44.3. The highest BCUT2D eigenvalue weighted by Gasteiger charge is 2.34. The number of ether oxygens (including phenoxy) is 2. The first-order chi connectivity index (χ1) is 34.2. The summed E-state index contributed by atoms with van der Waals surface area (Å²) < 4.78 is 14.6. The van der Waals surface area contributed by atoms with E-state index in [2.05, 4.69) is 31.3 Å². The van der Waals surface area contributed by atoms with E-state index in [-0.39, 0.29) is 51.0 Å². The van der Waals surface area contributed by atoms with Crippen LogP contribution in [0.25, 0.3) is 67.3 Å². The minimum Gasteiger partial charge on any atom is -0.480 e. The van der Waals surface area contributed by atoms with E-state index in [9.17, 15) is 29.4 Å². The largest absolute Gasteiger partial charge is 0.480 e. The molecule has 2 amide bonds. The van der Waals surface area contributed by atoms with Crippen molar-refractivity contribution >= 4 is 24.1 Å². The van der Waals surface area contributed by atoms with Gasteiger partial charge in [0.05, 0.1) is 11.4 Å². The number of aliphatic carboxylic acids is 2. The van der Waals surface area contributed by atoms with Crippen LogP contribution in [-0.2, 0) is 32.2 Å². The molecule has 70 heavy (non-hydrogen) atoms. The number of rotatable bonds is 14. The summed E-state index contributed by atoms with van der Waals surface area (Å²) in [7, 11) is 0. The average Bonchev–Trinajstić information content (AvgIpc) is 4.15. The lowest BCUT2D eigenvalue weighted by Crippen LogP contribution is -2.42. The van der Waals surface area contributed by atoms with E-state index in [1.165, 1.54) is 0 Å². The SMILES string of the molecule is O=C(N[C@@H](CCn1nnc2c1-c1ccccc1-c1nnn(CC[C@H](NC(=O)OCC3c4ccccc4-c4ccccc43)C(=O)O)c1-c1ccccc1-2)C(=O)O)OCC1c2ccccc2-c2ccccc21. The van der Waals surface area contributed by atoms with Crippen LogP contribution in [0.5, 0.6) is 0 Å². The number of aryl methyl sites for hydroxylation is 2. The number of alkyl carbamates (subject to hydrolysis) is 2. The number of aromatic nitrogens is 6. The summed E-state index contributed by atoms with van der Waals surface area (Å²) in [6.45, 7) is 0.187. The fourth-order valence-electron chi connectivity index (χ4n) is 10.2. The van der Waals surface area contributed by atoms with Crippen molar-refractivity contribution in [3.63, 3.8) is 0 Å². The molecule has 2 atom stereocenters. The number of benzene rings is 6. The average molecular weight is 933 g/mol. The smallest absolute Gasteiger partial charge is 0.407 e. The molecule has 8 aromatic rings. The molecule has 4 N–H and O–H groups in total. The molecule has 0 saturated carbocycles. The van der Waals surface area contributed by atoms with Crippen molar-refractivity contribution in [3.05, 3.63) is 168 Å². The minimum absolute atomic E-state index is 0.0317.